The van der Waals surface area contributed by atoms with Crippen LogP contribution in [-0.4, -0.2) is 99.6 Å². The number of aliphatic hydroxyl groups is 5. The maximum Gasteiger partial charge on any atom is 0.306 e. The lowest BCUT2D eigenvalue weighted by molar-refractivity contribution is -0.305. The summed E-state index contributed by atoms with van der Waals surface area (Å²) in [5.74, 6) is -1.18. The first kappa shape index (κ1) is 88.4. The average molecular weight is 1310 g/mol. The monoisotopic (exact) mass is 1310 g/mol. The van der Waals surface area contributed by atoms with Crippen molar-refractivity contribution in [1.29, 1.82) is 0 Å². The van der Waals surface area contributed by atoms with Gasteiger partial charge in [-0.15, -0.1) is 0 Å². The van der Waals surface area contributed by atoms with Crippen molar-refractivity contribution in [1.82, 2.24) is 5.32 Å². The van der Waals surface area contributed by atoms with Crippen LogP contribution in [0.25, 0.3) is 0 Å². The normalized spacial score (nSPS) is 18.1. The van der Waals surface area contributed by atoms with E-state index in [4.69, 9.17) is 14.2 Å². The standard InChI is InChI=1S/C82H151NO10/c1-4-7-10-13-16-19-22-25-27-29-31-33-35-37-38-39-41-43-45-47-49-52-55-58-61-64-67-70-77(87)93-80-79(89)78(88)76(71-84)92-82(80)91-72-73(74(85)68-65-62-59-56-53-50-24-21-18-15-12-9-6-3)83-81(90)75(86)69-66-63-60-57-54-51-48-46-44-42-40-36-34-32-30-28-26-23-20-17-14-11-8-5-2/h16,19,25,27,31,33,37-38,65,68,73-76,78-80,82,84-86,88-89H,4-15,17-18,20-24,26,28-30,32,34-36,39-64,66-67,69-72H2,1-3H3,(H,83,90)/b19-16-,27-25-,33-31-,38-37-,68-65+. The molecule has 1 saturated heterocycles. The summed E-state index contributed by atoms with van der Waals surface area (Å²) in [7, 11) is 0. The molecule has 0 aromatic rings. The van der Waals surface area contributed by atoms with Crippen LogP contribution in [0.2, 0.25) is 0 Å². The van der Waals surface area contributed by atoms with Crippen LogP contribution in [0, 0.1) is 0 Å². The van der Waals surface area contributed by atoms with Crippen LogP contribution >= 0.6 is 0 Å². The summed E-state index contributed by atoms with van der Waals surface area (Å²) < 4.78 is 17.8. The van der Waals surface area contributed by atoms with Gasteiger partial charge in [0.05, 0.1) is 25.4 Å². The molecule has 1 aliphatic heterocycles. The van der Waals surface area contributed by atoms with Crippen molar-refractivity contribution in [2.45, 2.75) is 436 Å². The van der Waals surface area contributed by atoms with Crippen LogP contribution in [0.5, 0.6) is 0 Å². The molecular formula is C82H151NO10. The molecular weight excluding hydrogens is 1160 g/mol. The Balaban J connectivity index is 2.51. The molecule has 0 saturated carbocycles. The molecule has 0 spiro atoms. The Morgan fingerprint density at radius 1 is 0.419 bits per heavy atom. The maximum absolute atomic E-state index is 13.5. The third kappa shape index (κ3) is 56.0. The van der Waals surface area contributed by atoms with Crippen molar-refractivity contribution in [2.24, 2.45) is 0 Å². The topological polar surface area (TPSA) is 175 Å². The second kappa shape index (κ2) is 69.3. The van der Waals surface area contributed by atoms with Crippen molar-refractivity contribution >= 4 is 11.9 Å². The molecule has 8 atom stereocenters. The molecule has 1 fully saturated rings. The molecule has 11 heteroatoms. The smallest absolute Gasteiger partial charge is 0.306 e. The lowest BCUT2D eigenvalue weighted by Gasteiger charge is -2.41. The highest BCUT2D eigenvalue weighted by Gasteiger charge is 2.47. The van der Waals surface area contributed by atoms with Gasteiger partial charge in [-0.3, -0.25) is 9.59 Å². The van der Waals surface area contributed by atoms with E-state index in [2.05, 4.69) is 74.7 Å². The first-order valence-corrected chi connectivity index (χ1v) is 40.1. The molecule has 1 rings (SSSR count). The summed E-state index contributed by atoms with van der Waals surface area (Å²) >= 11 is 0. The van der Waals surface area contributed by atoms with Crippen LogP contribution in [0.1, 0.15) is 387 Å². The molecule has 1 heterocycles. The lowest BCUT2D eigenvalue weighted by atomic mass is 9.99. The summed E-state index contributed by atoms with van der Waals surface area (Å²) in [6.07, 6.45) is 79.8. The zero-order valence-electron chi connectivity index (χ0n) is 60.9. The molecule has 0 radical (unpaired) electrons. The van der Waals surface area contributed by atoms with E-state index in [9.17, 15) is 35.1 Å². The molecule has 11 nitrogen and oxygen atoms in total. The van der Waals surface area contributed by atoms with Crippen LogP contribution in [0.15, 0.2) is 60.8 Å². The lowest BCUT2D eigenvalue weighted by Crippen LogP contribution is -2.61. The predicted molar refractivity (Wildman–Crippen MR) is 393 cm³/mol. The van der Waals surface area contributed by atoms with Gasteiger partial charge in [0.2, 0.25) is 5.91 Å². The van der Waals surface area contributed by atoms with Crippen LogP contribution < -0.4 is 5.32 Å². The van der Waals surface area contributed by atoms with Gasteiger partial charge in [0.15, 0.2) is 12.4 Å². The van der Waals surface area contributed by atoms with E-state index in [1.165, 1.54) is 257 Å². The van der Waals surface area contributed by atoms with Gasteiger partial charge >= 0.3 is 5.97 Å². The van der Waals surface area contributed by atoms with Gasteiger partial charge in [-0.05, 0) is 70.6 Å². The van der Waals surface area contributed by atoms with E-state index in [1.54, 1.807) is 6.08 Å². The van der Waals surface area contributed by atoms with E-state index in [-0.39, 0.29) is 13.0 Å². The van der Waals surface area contributed by atoms with Crippen molar-refractivity contribution in [3.63, 3.8) is 0 Å². The van der Waals surface area contributed by atoms with Crippen LogP contribution in [-0.2, 0) is 23.8 Å². The molecule has 8 unspecified atom stereocenters. The number of hydrogen-bond donors (Lipinski definition) is 6. The summed E-state index contributed by atoms with van der Waals surface area (Å²) in [5.41, 5.74) is 0. The number of carbonyl (C=O) groups is 2. The summed E-state index contributed by atoms with van der Waals surface area (Å²) in [4.78, 5) is 26.8. The number of ether oxygens (including phenoxy) is 3. The van der Waals surface area contributed by atoms with E-state index < -0.39 is 67.4 Å². The fraction of sp³-hybridized carbons (Fsp3) is 0.854. The number of rotatable bonds is 70. The second-order valence-electron chi connectivity index (χ2n) is 27.8. The van der Waals surface area contributed by atoms with Crippen molar-refractivity contribution in [3.05, 3.63) is 60.8 Å². The Morgan fingerprint density at radius 2 is 0.742 bits per heavy atom. The first-order valence-electron chi connectivity index (χ1n) is 40.1. The predicted octanol–water partition coefficient (Wildman–Crippen LogP) is 21.6. The fourth-order valence-electron chi connectivity index (χ4n) is 12.6. The second-order valence-corrected chi connectivity index (χ2v) is 27.8. The minimum atomic E-state index is -1.62. The zero-order valence-corrected chi connectivity index (χ0v) is 60.9. The van der Waals surface area contributed by atoms with Gasteiger partial charge in [-0.25, -0.2) is 0 Å². The van der Waals surface area contributed by atoms with Crippen molar-refractivity contribution in [3.8, 4) is 0 Å². The Bertz CT molecular complexity index is 1750. The number of hydrogen-bond acceptors (Lipinski definition) is 10. The summed E-state index contributed by atoms with van der Waals surface area (Å²) in [6, 6.07) is -1.02. The Labute approximate surface area is 573 Å². The third-order valence-electron chi connectivity index (χ3n) is 18.9. The molecule has 1 aliphatic rings. The highest BCUT2D eigenvalue weighted by atomic mass is 16.7. The number of carbonyl (C=O) groups excluding carboxylic acids is 2. The van der Waals surface area contributed by atoms with Crippen molar-refractivity contribution < 1.29 is 49.3 Å². The number of nitrogens with one attached hydrogen (secondary N) is 1. The first-order chi connectivity index (χ1) is 45.7. The highest BCUT2D eigenvalue weighted by Crippen LogP contribution is 2.27. The number of esters is 1. The van der Waals surface area contributed by atoms with E-state index >= 15 is 0 Å². The summed E-state index contributed by atoms with van der Waals surface area (Å²) in [6.45, 7) is 5.83. The zero-order chi connectivity index (χ0) is 67.4. The van der Waals surface area contributed by atoms with Gasteiger partial charge in [-0.2, -0.15) is 0 Å². The van der Waals surface area contributed by atoms with Gasteiger partial charge in [0, 0.05) is 6.42 Å². The van der Waals surface area contributed by atoms with E-state index in [0.717, 1.165) is 83.5 Å². The molecule has 6 N–H and O–H groups in total. The Kier molecular flexibility index (Phi) is 65.8. The molecule has 93 heavy (non-hydrogen) atoms. The van der Waals surface area contributed by atoms with Crippen molar-refractivity contribution in [2.75, 3.05) is 13.2 Å². The molecule has 0 bridgehead atoms. The number of allylic oxidation sites excluding steroid dienone is 9. The van der Waals surface area contributed by atoms with Gasteiger partial charge in [0.1, 0.15) is 24.4 Å². The third-order valence-corrected chi connectivity index (χ3v) is 18.9. The molecule has 0 aromatic heterocycles. The quantitative estimate of drug-likeness (QED) is 0.0195. The van der Waals surface area contributed by atoms with E-state index in [0.29, 0.717) is 19.3 Å². The molecule has 1 amide bonds. The fourth-order valence-corrected chi connectivity index (χ4v) is 12.6. The van der Waals surface area contributed by atoms with Gasteiger partial charge in [-0.1, -0.05) is 370 Å². The maximum atomic E-state index is 13.5. The number of amides is 1. The molecule has 0 aliphatic carbocycles. The SMILES string of the molecule is CCCCC/C=C\C/C=C\C/C=C\C/C=C\CCCCCCCCCCCCCC(=O)OC1C(OCC(NC(=O)C(O)CCCCCCCCCCCCCCCCCCCCCCCCCC)C(O)/C=C/CCCCCCCCCCCCC)OC(CO)C(O)C1O. The minimum absolute atomic E-state index is 0.120. The number of aliphatic hydroxyl groups excluding tert-OH is 5. The van der Waals surface area contributed by atoms with Gasteiger partial charge < -0.3 is 45.1 Å². The Morgan fingerprint density at radius 3 is 1.13 bits per heavy atom. The van der Waals surface area contributed by atoms with Crippen LogP contribution in [0.3, 0.4) is 0 Å². The van der Waals surface area contributed by atoms with Crippen LogP contribution in [0.4, 0.5) is 0 Å². The largest absolute Gasteiger partial charge is 0.454 e. The number of unbranched alkanes of at least 4 members (excludes halogenated alkanes) is 48. The Hall–Kier alpha value is -2.64. The van der Waals surface area contributed by atoms with Gasteiger partial charge in [0.25, 0.3) is 0 Å². The highest BCUT2D eigenvalue weighted by molar-refractivity contribution is 5.80. The average Bonchev–Trinajstić information content (AvgIpc) is 0.844. The van der Waals surface area contributed by atoms with E-state index in [1.807, 2.05) is 6.08 Å². The summed E-state index contributed by atoms with van der Waals surface area (Å²) in [5, 5.41) is 57.5. The molecule has 544 valence electrons. The minimum Gasteiger partial charge on any atom is -0.454 e. The molecule has 0 aromatic carbocycles.